The molecule has 0 bridgehead atoms. The molecule has 0 aliphatic carbocycles. The molecule has 1 heterocycles. The third-order valence-electron chi connectivity index (χ3n) is 2.81. The number of carboxylic acids is 1. The minimum absolute atomic E-state index is 0.0271. The van der Waals surface area contributed by atoms with Crippen LogP contribution in [0.1, 0.15) is 6.42 Å². The summed E-state index contributed by atoms with van der Waals surface area (Å²) >= 11 is 0. The van der Waals surface area contributed by atoms with Crippen molar-refractivity contribution in [2.24, 2.45) is 5.92 Å². The zero-order valence-corrected chi connectivity index (χ0v) is 9.76. The second kappa shape index (κ2) is 6.48. The number of hydrogen-bond acceptors (Lipinski definition) is 3. The molecule has 2 amide bonds. The van der Waals surface area contributed by atoms with Gasteiger partial charge in [-0.05, 0) is 6.42 Å². The molecule has 18 heavy (non-hydrogen) atoms. The molecule has 8 heteroatoms. The summed E-state index contributed by atoms with van der Waals surface area (Å²) in [4.78, 5) is 24.7. The third-order valence-corrected chi connectivity index (χ3v) is 2.81. The van der Waals surface area contributed by atoms with Gasteiger partial charge in [0.1, 0.15) is 0 Å². The Bertz CT molecular complexity index is 314. The van der Waals surface area contributed by atoms with E-state index in [0.29, 0.717) is 6.42 Å². The molecule has 1 aliphatic heterocycles. The number of carbonyl (C=O) groups is 2. The van der Waals surface area contributed by atoms with Crippen molar-refractivity contribution in [2.75, 3.05) is 32.8 Å². The second-order valence-electron chi connectivity index (χ2n) is 4.11. The summed E-state index contributed by atoms with van der Waals surface area (Å²) in [7, 11) is 0. The van der Waals surface area contributed by atoms with Crippen LogP contribution in [0.3, 0.4) is 0 Å². The number of halogens is 2. The summed E-state index contributed by atoms with van der Waals surface area (Å²) in [5.74, 6) is -1.63. The van der Waals surface area contributed by atoms with Crippen molar-refractivity contribution in [3.63, 3.8) is 0 Å². The van der Waals surface area contributed by atoms with Crippen LogP contribution in [-0.2, 0) is 4.79 Å². The number of carboxylic acid groups (broad SMARTS) is 1. The van der Waals surface area contributed by atoms with Crippen LogP contribution in [0.15, 0.2) is 0 Å². The first-order chi connectivity index (χ1) is 8.45. The van der Waals surface area contributed by atoms with E-state index in [1.165, 1.54) is 4.90 Å². The number of carbonyl (C=O) groups excluding carboxylic acids is 1. The number of likely N-dealkylation sites (tertiary alicyclic amines) is 1. The predicted octanol–water partition coefficient (Wildman–Crippen LogP) is 0.0723. The molecule has 0 spiro atoms. The molecule has 6 nitrogen and oxygen atoms in total. The first-order valence-corrected chi connectivity index (χ1v) is 5.61. The highest BCUT2D eigenvalue weighted by Crippen LogP contribution is 2.18. The lowest BCUT2D eigenvalue weighted by Crippen LogP contribution is -2.45. The minimum atomic E-state index is -2.68. The molecule has 0 aromatic rings. The average molecular weight is 266 g/mol. The van der Waals surface area contributed by atoms with Crippen molar-refractivity contribution >= 4 is 12.0 Å². The molecule has 2 N–H and O–H groups in total. The van der Waals surface area contributed by atoms with Crippen molar-refractivity contribution < 1.29 is 28.6 Å². The Balaban J connectivity index is 2.58. The largest absolute Gasteiger partial charge is 0.481 e. The fraction of sp³-hybridized carbons (Fsp3) is 0.800. The van der Waals surface area contributed by atoms with Crippen molar-refractivity contribution in [1.29, 1.82) is 0 Å². The highest BCUT2D eigenvalue weighted by Gasteiger charge is 2.33. The maximum Gasteiger partial charge on any atom is 0.320 e. The van der Waals surface area contributed by atoms with Gasteiger partial charge < -0.3 is 20.0 Å². The molecule has 0 radical (unpaired) electrons. The Hall–Kier alpha value is -1.44. The minimum Gasteiger partial charge on any atom is -0.481 e. The monoisotopic (exact) mass is 266 g/mol. The van der Waals surface area contributed by atoms with Crippen molar-refractivity contribution in [2.45, 2.75) is 12.8 Å². The molecule has 0 aromatic heterocycles. The van der Waals surface area contributed by atoms with Gasteiger partial charge in [0.05, 0.1) is 19.1 Å². The fourth-order valence-corrected chi connectivity index (χ4v) is 1.89. The second-order valence-corrected chi connectivity index (χ2v) is 4.11. The molecule has 1 atom stereocenters. The van der Waals surface area contributed by atoms with Gasteiger partial charge in [-0.1, -0.05) is 0 Å². The van der Waals surface area contributed by atoms with Crippen LogP contribution < -0.4 is 0 Å². The number of alkyl halides is 2. The lowest BCUT2D eigenvalue weighted by Gasteiger charge is -2.27. The predicted molar refractivity (Wildman–Crippen MR) is 57.4 cm³/mol. The maximum absolute atomic E-state index is 12.3. The highest BCUT2D eigenvalue weighted by molar-refractivity contribution is 5.77. The molecule has 104 valence electrons. The number of rotatable bonds is 5. The molecule has 1 unspecified atom stereocenters. The van der Waals surface area contributed by atoms with Crippen LogP contribution >= 0.6 is 0 Å². The first kappa shape index (κ1) is 14.6. The quantitative estimate of drug-likeness (QED) is 0.738. The van der Waals surface area contributed by atoms with Crippen LogP contribution in [0.4, 0.5) is 13.6 Å². The summed E-state index contributed by atoms with van der Waals surface area (Å²) in [6.07, 6.45) is -2.36. The summed E-state index contributed by atoms with van der Waals surface area (Å²) in [6.45, 7) is -1.08. The zero-order chi connectivity index (χ0) is 13.7. The summed E-state index contributed by atoms with van der Waals surface area (Å²) in [5.41, 5.74) is 0. The Morgan fingerprint density at radius 2 is 2.11 bits per heavy atom. The van der Waals surface area contributed by atoms with Gasteiger partial charge >= 0.3 is 12.0 Å². The van der Waals surface area contributed by atoms with E-state index in [4.69, 9.17) is 10.2 Å². The lowest BCUT2D eigenvalue weighted by atomic mass is 10.1. The Kier molecular flexibility index (Phi) is 5.26. The number of amides is 2. The molecule has 1 saturated heterocycles. The molecule has 1 aliphatic rings. The van der Waals surface area contributed by atoms with Crippen molar-refractivity contribution in [3.8, 4) is 0 Å². The van der Waals surface area contributed by atoms with E-state index in [9.17, 15) is 18.4 Å². The Labute approximate surface area is 103 Å². The Morgan fingerprint density at radius 1 is 1.44 bits per heavy atom. The van der Waals surface area contributed by atoms with Gasteiger partial charge in [0.15, 0.2) is 0 Å². The van der Waals surface area contributed by atoms with Gasteiger partial charge in [-0.3, -0.25) is 4.79 Å². The molecule has 0 aromatic carbocycles. The molecular formula is C10H16F2N2O4. The van der Waals surface area contributed by atoms with Gasteiger partial charge in [-0.15, -0.1) is 0 Å². The number of hydrogen-bond donors (Lipinski definition) is 2. The molecule has 1 fully saturated rings. The van der Waals surface area contributed by atoms with Crippen LogP contribution in [0, 0.1) is 5.92 Å². The van der Waals surface area contributed by atoms with E-state index in [2.05, 4.69) is 0 Å². The number of urea groups is 1. The van der Waals surface area contributed by atoms with E-state index >= 15 is 0 Å². The summed E-state index contributed by atoms with van der Waals surface area (Å²) in [5, 5.41) is 17.5. The Morgan fingerprint density at radius 3 is 2.56 bits per heavy atom. The molecule has 1 rings (SSSR count). The molecular weight excluding hydrogens is 250 g/mol. The highest BCUT2D eigenvalue weighted by atomic mass is 19.3. The zero-order valence-electron chi connectivity index (χ0n) is 9.76. The topological polar surface area (TPSA) is 81.1 Å². The van der Waals surface area contributed by atoms with E-state index in [1.807, 2.05) is 0 Å². The number of aliphatic hydroxyl groups excluding tert-OH is 1. The maximum atomic E-state index is 12.3. The third kappa shape index (κ3) is 3.80. The van der Waals surface area contributed by atoms with E-state index in [-0.39, 0.29) is 19.6 Å². The van der Waals surface area contributed by atoms with E-state index < -0.39 is 37.5 Å². The van der Waals surface area contributed by atoms with Crippen LogP contribution in [0.25, 0.3) is 0 Å². The van der Waals surface area contributed by atoms with Crippen LogP contribution in [-0.4, -0.2) is 71.2 Å². The average Bonchev–Trinajstić information content (AvgIpc) is 2.76. The number of aliphatic hydroxyl groups is 1. The van der Waals surface area contributed by atoms with Gasteiger partial charge in [0, 0.05) is 19.6 Å². The normalized spacial score (nSPS) is 19.3. The first-order valence-electron chi connectivity index (χ1n) is 5.61. The van der Waals surface area contributed by atoms with Gasteiger partial charge in [-0.25, -0.2) is 13.6 Å². The summed E-state index contributed by atoms with van der Waals surface area (Å²) in [6, 6.07) is -0.645. The smallest absolute Gasteiger partial charge is 0.320 e. The number of nitrogens with zero attached hydrogens (tertiary/aromatic N) is 2. The SMILES string of the molecule is O=C(O)C1CCN(C(=O)N(CCO)CC(F)F)C1. The van der Waals surface area contributed by atoms with Gasteiger partial charge in [0.2, 0.25) is 0 Å². The van der Waals surface area contributed by atoms with Gasteiger partial charge in [0.25, 0.3) is 6.43 Å². The standard InChI is InChI=1S/C10H16F2N2O4/c11-8(12)6-14(3-4-15)10(18)13-2-1-7(5-13)9(16)17/h7-8,15H,1-6H2,(H,16,17). The van der Waals surface area contributed by atoms with E-state index in [0.717, 1.165) is 4.90 Å². The van der Waals surface area contributed by atoms with Crippen molar-refractivity contribution in [3.05, 3.63) is 0 Å². The number of aliphatic carboxylic acids is 1. The van der Waals surface area contributed by atoms with Crippen LogP contribution in [0.2, 0.25) is 0 Å². The summed E-state index contributed by atoms with van der Waals surface area (Å²) < 4.78 is 24.5. The van der Waals surface area contributed by atoms with Gasteiger partial charge in [-0.2, -0.15) is 0 Å². The lowest BCUT2D eigenvalue weighted by molar-refractivity contribution is -0.141. The fourth-order valence-electron chi connectivity index (χ4n) is 1.89. The van der Waals surface area contributed by atoms with Crippen LogP contribution in [0.5, 0.6) is 0 Å². The van der Waals surface area contributed by atoms with Crippen molar-refractivity contribution in [1.82, 2.24) is 9.80 Å². The molecule has 0 saturated carbocycles. The van der Waals surface area contributed by atoms with E-state index in [1.54, 1.807) is 0 Å².